The molecule has 0 unspecified atom stereocenters. The van der Waals surface area contributed by atoms with Gasteiger partial charge in [0.1, 0.15) is 0 Å². The highest BCUT2D eigenvalue weighted by atomic mass is 19.2. The Morgan fingerprint density at radius 2 is 1.64 bits per heavy atom. The van der Waals surface area contributed by atoms with Crippen molar-refractivity contribution in [1.82, 2.24) is 0 Å². The smallest absolute Gasteiger partial charge is 0.166 e. The van der Waals surface area contributed by atoms with Crippen LogP contribution in [0.1, 0.15) is 49.0 Å². The Balaban J connectivity index is 2.28. The molecule has 0 aliphatic rings. The number of halogens is 2. The van der Waals surface area contributed by atoms with Crippen LogP contribution in [0.25, 0.3) is 11.1 Å². The lowest BCUT2D eigenvalue weighted by molar-refractivity contribution is 0.101. The van der Waals surface area contributed by atoms with Crippen LogP contribution in [0.3, 0.4) is 0 Å². The van der Waals surface area contributed by atoms with E-state index in [4.69, 9.17) is 0 Å². The van der Waals surface area contributed by atoms with Crippen LogP contribution in [0.15, 0.2) is 36.4 Å². The molecule has 0 saturated heterocycles. The molecule has 0 heterocycles. The van der Waals surface area contributed by atoms with Crippen LogP contribution in [0, 0.1) is 11.6 Å². The first-order valence-electron chi connectivity index (χ1n) is 7.62. The van der Waals surface area contributed by atoms with Crippen molar-refractivity contribution in [3.63, 3.8) is 0 Å². The number of hydrogen-bond acceptors (Lipinski definition) is 1. The van der Waals surface area contributed by atoms with Gasteiger partial charge in [-0.15, -0.1) is 0 Å². The van der Waals surface area contributed by atoms with Crippen LogP contribution in [-0.2, 0) is 6.42 Å². The molecule has 2 rings (SSSR count). The summed E-state index contributed by atoms with van der Waals surface area (Å²) in [5.41, 5.74) is 1.78. The molecule has 116 valence electrons. The molecular formula is C19H20F2O. The molecule has 2 aromatic rings. The number of rotatable bonds is 6. The van der Waals surface area contributed by atoms with Crippen molar-refractivity contribution in [3.05, 3.63) is 59.2 Å². The molecule has 0 fully saturated rings. The Kier molecular flexibility index (Phi) is 5.42. The van der Waals surface area contributed by atoms with Crippen LogP contribution in [0.4, 0.5) is 8.78 Å². The van der Waals surface area contributed by atoms with Crippen LogP contribution in [0.2, 0.25) is 0 Å². The third kappa shape index (κ3) is 3.59. The summed E-state index contributed by atoms with van der Waals surface area (Å²) in [7, 11) is 0. The van der Waals surface area contributed by atoms with Gasteiger partial charge in [0, 0.05) is 11.1 Å². The number of aryl methyl sites for hydroxylation is 1. The van der Waals surface area contributed by atoms with Gasteiger partial charge in [0.05, 0.1) is 0 Å². The summed E-state index contributed by atoms with van der Waals surface area (Å²) in [6.45, 7) is 3.55. The normalized spacial score (nSPS) is 10.7. The van der Waals surface area contributed by atoms with Gasteiger partial charge in [-0.1, -0.05) is 56.2 Å². The summed E-state index contributed by atoms with van der Waals surface area (Å²) < 4.78 is 28.4. The molecule has 0 radical (unpaired) electrons. The van der Waals surface area contributed by atoms with E-state index in [1.807, 2.05) is 0 Å². The molecule has 2 aromatic carbocycles. The SMILES string of the molecule is CCCCCc1ccc(-c2ccc(C(C)=O)cc2)c(F)c1F. The second-order valence-electron chi connectivity index (χ2n) is 5.49. The molecule has 0 aliphatic heterocycles. The average molecular weight is 302 g/mol. The second kappa shape index (κ2) is 7.30. The summed E-state index contributed by atoms with van der Waals surface area (Å²) in [6.07, 6.45) is 3.47. The number of carbonyl (C=O) groups excluding carboxylic acids is 1. The molecule has 0 N–H and O–H groups in total. The molecular weight excluding hydrogens is 282 g/mol. The predicted molar refractivity (Wildman–Crippen MR) is 85.0 cm³/mol. The van der Waals surface area contributed by atoms with E-state index in [-0.39, 0.29) is 11.3 Å². The van der Waals surface area contributed by atoms with Gasteiger partial charge in [-0.2, -0.15) is 0 Å². The van der Waals surface area contributed by atoms with E-state index in [1.54, 1.807) is 36.4 Å². The minimum Gasteiger partial charge on any atom is -0.295 e. The first-order chi connectivity index (χ1) is 10.5. The summed E-state index contributed by atoms with van der Waals surface area (Å²) in [4.78, 5) is 11.2. The lowest BCUT2D eigenvalue weighted by atomic mass is 9.98. The Bertz CT molecular complexity index is 660. The third-order valence-electron chi connectivity index (χ3n) is 3.81. The van der Waals surface area contributed by atoms with Crippen LogP contribution >= 0.6 is 0 Å². The van der Waals surface area contributed by atoms with Crippen molar-refractivity contribution in [2.24, 2.45) is 0 Å². The number of hydrogen-bond donors (Lipinski definition) is 0. The van der Waals surface area contributed by atoms with Crippen molar-refractivity contribution in [3.8, 4) is 11.1 Å². The molecule has 0 bridgehead atoms. The second-order valence-corrected chi connectivity index (χ2v) is 5.49. The van der Waals surface area contributed by atoms with E-state index in [2.05, 4.69) is 6.92 Å². The van der Waals surface area contributed by atoms with Crippen molar-refractivity contribution >= 4 is 5.78 Å². The highest BCUT2D eigenvalue weighted by Crippen LogP contribution is 2.27. The number of carbonyl (C=O) groups is 1. The number of ketones is 1. The highest BCUT2D eigenvalue weighted by molar-refractivity contribution is 5.94. The lowest BCUT2D eigenvalue weighted by Gasteiger charge is -2.09. The van der Waals surface area contributed by atoms with E-state index >= 15 is 0 Å². The largest absolute Gasteiger partial charge is 0.295 e. The van der Waals surface area contributed by atoms with E-state index in [1.165, 1.54) is 6.92 Å². The number of Topliss-reactive ketones (excluding diaryl/α,β-unsaturated/α-hetero) is 1. The summed E-state index contributed by atoms with van der Waals surface area (Å²) in [5.74, 6) is -1.63. The van der Waals surface area contributed by atoms with E-state index in [0.29, 0.717) is 23.1 Å². The molecule has 22 heavy (non-hydrogen) atoms. The Morgan fingerprint density at radius 1 is 0.955 bits per heavy atom. The molecule has 0 aliphatic carbocycles. The predicted octanol–water partition coefficient (Wildman–Crippen LogP) is 5.57. The van der Waals surface area contributed by atoms with Crippen molar-refractivity contribution in [2.75, 3.05) is 0 Å². The summed E-state index contributed by atoms with van der Waals surface area (Å²) in [5, 5.41) is 0. The Hall–Kier alpha value is -2.03. The molecule has 3 heteroatoms. The average Bonchev–Trinajstić information content (AvgIpc) is 2.52. The molecule has 0 amide bonds. The zero-order valence-corrected chi connectivity index (χ0v) is 13.0. The van der Waals surface area contributed by atoms with Gasteiger partial charge in [-0.3, -0.25) is 4.79 Å². The van der Waals surface area contributed by atoms with Gasteiger partial charge in [0.25, 0.3) is 0 Å². The molecule has 1 nitrogen and oxygen atoms in total. The third-order valence-corrected chi connectivity index (χ3v) is 3.81. The maximum atomic E-state index is 14.3. The van der Waals surface area contributed by atoms with Crippen molar-refractivity contribution in [1.29, 1.82) is 0 Å². The topological polar surface area (TPSA) is 17.1 Å². The highest BCUT2D eigenvalue weighted by Gasteiger charge is 2.14. The Labute approximate surface area is 130 Å². The monoisotopic (exact) mass is 302 g/mol. The van der Waals surface area contributed by atoms with E-state index in [0.717, 1.165) is 19.3 Å². The van der Waals surface area contributed by atoms with Gasteiger partial charge in [-0.05, 0) is 30.9 Å². The fraction of sp³-hybridized carbons (Fsp3) is 0.316. The van der Waals surface area contributed by atoms with E-state index < -0.39 is 11.6 Å². The molecule has 0 atom stereocenters. The number of unbranched alkanes of at least 4 members (excludes halogenated alkanes) is 2. The van der Waals surface area contributed by atoms with Gasteiger partial charge in [-0.25, -0.2) is 8.78 Å². The van der Waals surface area contributed by atoms with Crippen molar-refractivity contribution < 1.29 is 13.6 Å². The fourth-order valence-corrected chi connectivity index (χ4v) is 2.46. The summed E-state index contributed by atoms with van der Waals surface area (Å²) in [6, 6.07) is 9.82. The van der Waals surface area contributed by atoms with Crippen LogP contribution in [-0.4, -0.2) is 5.78 Å². The first kappa shape index (κ1) is 16.3. The maximum absolute atomic E-state index is 14.3. The van der Waals surface area contributed by atoms with Crippen LogP contribution < -0.4 is 0 Å². The van der Waals surface area contributed by atoms with Gasteiger partial charge < -0.3 is 0 Å². The van der Waals surface area contributed by atoms with E-state index in [9.17, 15) is 13.6 Å². The Morgan fingerprint density at radius 3 is 2.23 bits per heavy atom. The van der Waals surface area contributed by atoms with Gasteiger partial charge in [0.2, 0.25) is 0 Å². The molecule has 0 saturated carbocycles. The maximum Gasteiger partial charge on any atom is 0.166 e. The minimum atomic E-state index is -0.815. The van der Waals surface area contributed by atoms with Gasteiger partial charge >= 0.3 is 0 Å². The molecule has 0 aromatic heterocycles. The number of benzene rings is 2. The zero-order valence-electron chi connectivity index (χ0n) is 13.0. The summed E-state index contributed by atoms with van der Waals surface area (Å²) >= 11 is 0. The van der Waals surface area contributed by atoms with Gasteiger partial charge in [0.15, 0.2) is 17.4 Å². The van der Waals surface area contributed by atoms with Crippen molar-refractivity contribution in [2.45, 2.75) is 39.5 Å². The fourth-order valence-electron chi connectivity index (χ4n) is 2.46. The lowest BCUT2D eigenvalue weighted by Crippen LogP contribution is -1.98. The first-order valence-corrected chi connectivity index (χ1v) is 7.62. The molecule has 0 spiro atoms. The minimum absolute atomic E-state index is 0.0514. The quantitative estimate of drug-likeness (QED) is 0.504. The zero-order chi connectivity index (χ0) is 16.1. The van der Waals surface area contributed by atoms with Crippen LogP contribution in [0.5, 0.6) is 0 Å². The standard InChI is InChI=1S/C19H20F2O/c1-3-4-5-6-16-11-12-17(19(21)18(16)20)15-9-7-14(8-10-15)13(2)22/h7-12H,3-6H2,1-2H3.